The van der Waals surface area contributed by atoms with Gasteiger partial charge in [-0.15, -0.1) is 0 Å². The van der Waals surface area contributed by atoms with E-state index in [1.54, 1.807) is 23.9 Å². The second kappa shape index (κ2) is 7.70. The van der Waals surface area contributed by atoms with Crippen LogP contribution in [0.4, 0.5) is 11.6 Å². The zero-order valence-electron chi connectivity index (χ0n) is 14.7. The minimum Gasteiger partial charge on any atom is -0.358 e. The minimum atomic E-state index is -0.598. The molecule has 1 aromatic carbocycles. The van der Waals surface area contributed by atoms with E-state index in [4.69, 9.17) is 0 Å². The van der Waals surface area contributed by atoms with Gasteiger partial charge in [-0.1, -0.05) is 24.3 Å². The second-order valence-electron chi connectivity index (χ2n) is 6.01. The summed E-state index contributed by atoms with van der Waals surface area (Å²) < 4.78 is 3.28. The van der Waals surface area contributed by atoms with Gasteiger partial charge in [0.05, 0.1) is 17.3 Å². The fourth-order valence-electron chi connectivity index (χ4n) is 2.58. The van der Waals surface area contributed by atoms with Gasteiger partial charge in [0.15, 0.2) is 5.82 Å². The summed E-state index contributed by atoms with van der Waals surface area (Å²) in [6.45, 7) is 4.13. The van der Waals surface area contributed by atoms with E-state index in [2.05, 4.69) is 31.4 Å². The number of carbonyl (C=O) groups excluding carboxylic acids is 1. The van der Waals surface area contributed by atoms with Gasteiger partial charge >= 0.3 is 5.82 Å². The van der Waals surface area contributed by atoms with E-state index < -0.39 is 4.92 Å². The van der Waals surface area contributed by atoms with Crippen molar-refractivity contribution < 1.29 is 9.72 Å². The number of amides is 1. The quantitative estimate of drug-likeness (QED) is 0.475. The Labute approximate surface area is 163 Å². The van der Waals surface area contributed by atoms with Crippen LogP contribution in [0.25, 0.3) is 0 Å². The molecule has 140 valence electrons. The summed E-state index contributed by atoms with van der Waals surface area (Å²) in [5.41, 5.74) is 2.81. The number of rotatable bonds is 6. The Balaban J connectivity index is 1.66. The average Bonchev–Trinajstić information content (AvgIpc) is 3.16. The second-order valence-corrected chi connectivity index (χ2v) is 6.80. The molecule has 3 rings (SSSR count). The molecule has 1 amide bonds. The van der Waals surface area contributed by atoms with Crippen LogP contribution in [0.3, 0.4) is 0 Å². The predicted octanol–water partition coefficient (Wildman–Crippen LogP) is 3.05. The van der Waals surface area contributed by atoms with Crippen molar-refractivity contribution in [1.29, 1.82) is 0 Å². The Morgan fingerprint density at radius 1 is 1.26 bits per heavy atom. The number of nitro groups is 1. The predicted molar refractivity (Wildman–Crippen MR) is 102 cm³/mol. The molecule has 9 nitrogen and oxygen atoms in total. The molecule has 0 unspecified atom stereocenters. The highest BCUT2D eigenvalue weighted by Crippen LogP contribution is 2.26. The third-order valence-corrected chi connectivity index (χ3v) is 5.01. The van der Waals surface area contributed by atoms with Gasteiger partial charge in [-0.05, 0) is 45.8 Å². The van der Waals surface area contributed by atoms with Gasteiger partial charge in [-0.25, -0.2) is 0 Å². The van der Waals surface area contributed by atoms with E-state index in [-0.39, 0.29) is 22.7 Å². The Bertz CT molecular complexity index is 1010. The van der Waals surface area contributed by atoms with Gasteiger partial charge in [-0.3, -0.25) is 9.48 Å². The number of nitrogens with one attached hydrogen (secondary N) is 1. The van der Waals surface area contributed by atoms with Crippen LogP contribution in [0.15, 0.2) is 41.0 Å². The van der Waals surface area contributed by atoms with Crippen molar-refractivity contribution in [2.24, 2.45) is 0 Å². The molecule has 0 saturated heterocycles. The topological polar surface area (TPSA) is 108 Å². The maximum Gasteiger partial charge on any atom is 0.404 e. The Kier molecular flexibility index (Phi) is 5.36. The highest BCUT2D eigenvalue weighted by atomic mass is 79.9. The van der Waals surface area contributed by atoms with E-state index in [0.717, 1.165) is 5.56 Å². The van der Waals surface area contributed by atoms with Crippen LogP contribution in [0.2, 0.25) is 0 Å². The van der Waals surface area contributed by atoms with Gasteiger partial charge in [-0.2, -0.15) is 9.78 Å². The van der Waals surface area contributed by atoms with Gasteiger partial charge < -0.3 is 15.4 Å². The summed E-state index contributed by atoms with van der Waals surface area (Å²) in [7, 11) is 0. The Morgan fingerprint density at radius 3 is 2.67 bits per heavy atom. The van der Waals surface area contributed by atoms with Crippen molar-refractivity contribution in [3.63, 3.8) is 0 Å². The van der Waals surface area contributed by atoms with Crippen LogP contribution in [-0.2, 0) is 17.9 Å². The molecule has 1 N–H and O–H groups in total. The summed E-state index contributed by atoms with van der Waals surface area (Å²) in [4.78, 5) is 22.6. The van der Waals surface area contributed by atoms with Crippen LogP contribution >= 0.6 is 15.9 Å². The molecule has 0 bridgehead atoms. The molecule has 0 spiro atoms. The maximum atomic E-state index is 12.2. The van der Waals surface area contributed by atoms with Gasteiger partial charge in [0, 0.05) is 12.3 Å². The number of hydrogen-bond acceptors (Lipinski definition) is 5. The lowest BCUT2D eigenvalue weighted by molar-refractivity contribution is -0.390. The lowest BCUT2D eigenvalue weighted by Gasteiger charge is -2.05. The molecule has 0 radical (unpaired) electrons. The van der Waals surface area contributed by atoms with Crippen molar-refractivity contribution in [3.05, 3.63) is 67.9 Å². The number of halogens is 1. The van der Waals surface area contributed by atoms with E-state index in [9.17, 15) is 14.9 Å². The SMILES string of the molecule is Cc1ccccc1Cn1ccc(NC(=O)Cn2nc([N+](=O)[O-])c(Br)c2C)n1. The molecule has 0 fully saturated rings. The summed E-state index contributed by atoms with van der Waals surface area (Å²) in [5, 5.41) is 21.8. The van der Waals surface area contributed by atoms with Crippen LogP contribution in [0.5, 0.6) is 0 Å². The third-order valence-electron chi connectivity index (χ3n) is 4.08. The number of aromatic nitrogens is 4. The normalized spacial score (nSPS) is 10.8. The molecule has 0 aliphatic carbocycles. The van der Waals surface area contributed by atoms with Crippen molar-refractivity contribution in [2.75, 3.05) is 5.32 Å². The largest absolute Gasteiger partial charge is 0.404 e. The van der Waals surface area contributed by atoms with Crippen molar-refractivity contribution in [1.82, 2.24) is 19.6 Å². The van der Waals surface area contributed by atoms with Crippen LogP contribution in [0.1, 0.15) is 16.8 Å². The average molecular weight is 433 g/mol. The van der Waals surface area contributed by atoms with Gasteiger partial charge in [0.25, 0.3) is 0 Å². The lowest BCUT2D eigenvalue weighted by atomic mass is 10.1. The minimum absolute atomic E-state index is 0.150. The third kappa shape index (κ3) is 4.22. The molecule has 27 heavy (non-hydrogen) atoms. The van der Waals surface area contributed by atoms with Crippen molar-refractivity contribution in [3.8, 4) is 0 Å². The number of aryl methyl sites for hydroxylation is 1. The maximum absolute atomic E-state index is 12.2. The number of carbonyl (C=O) groups is 1. The molecule has 3 aromatic rings. The summed E-state index contributed by atoms with van der Waals surface area (Å²) in [6, 6.07) is 9.71. The summed E-state index contributed by atoms with van der Waals surface area (Å²) in [6.07, 6.45) is 1.78. The highest BCUT2D eigenvalue weighted by Gasteiger charge is 2.24. The molecular weight excluding hydrogens is 416 g/mol. The van der Waals surface area contributed by atoms with E-state index in [1.807, 2.05) is 31.2 Å². The monoisotopic (exact) mass is 432 g/mol. The lowest BCUT2D eigenvalue weighted by Crippen LogP contribution is -2.20. The zero-order chi connectivity index (χ0) is 19.6. The molecule has 2 aromatic heterocycles. The fourth-order valence-corrected chi connectivity index (χ4v) is 3.00. The highest BCUT2D eigenvalue weighted by molar-refractivity contribution is 9.10. The standard InChI is InChI=1S/C17H17BrN6O3/c1-11-5-3-4-6-13(11)9-22-8-7-14(20-22)19-15(25)10-23-12(2)16(18)17(21-23)24(26)27/h3-8H,9-10H2,1-2H3,(H,19,20,25). The molecule has 2 heterocycles. The van der Waals surface area contributed by atoms with Crippen LogP contribution in [0, 0.1) is 24.0 Å². The van der Waals surface area contributed by atoms with E-state index in [1.165, 1.54) is 10.2 Å². The zero-order valence-corrected chi connectivity index (χ0v) is 16.3. The van der Waals surface area contributed by atoms with Crippen LogP contribution < -0.4 is 5.32 Å². The molecular formula is C17H17BrN6O3. The first-order chi connectivity index (χ1) is 12.8. The van der Waals surface area contributed by atoms with Gasteiger partial charge in [0.2, 0.25) is 5.91 Å². The first kappa shape index (κ1) is 18.8. The van der Waals surface area contributed by atoms with Crippen LogP contribution in [-0.4, -0.2) is 30.4 Å². The molecule has 10 heteroatoms. The van der Waals surface area contributed by atoms with E-state index >= 15 is 0 Å². The molecule has 0 atom stereocenters. The number of hydrogen-bond donors (Lipinski definition) is 1. The Morgan fingerprint density at radius 2 is 2.00 bits per heavy atom. The summed E-state index contributed by atoms with van der Waals surface area (Å²) >= 11 is 3.13. The number of benzene rings is 1. The van der Waals surface area contributed by atoms with Crippen molar-refractivity contribution in [2.45, 2.75) is 26.9 Å². The molecule has 0 saturated carbocycles. The summed E-state index contributed by atoms with van der Waals surface area (Å²) in [5.74, 6) is -0.279. The van der Waals surface area contributed by atoms with Gasteiger partial charge in [0.1, 0.15) is 11.0 Å². The van der Waals surface area contributed by atoms with Crippen molar-refractivity contribution >= 4 is 33.5 Å². The Hall–Kier alpha value is -3.01. The number of nitrogens with zero attached hydrogens (tertiary/aromatic N) is 5. The first-order valence-electron chi connectivity index (χ1n) is 8.10. The fraction of sp³-hybridized carbons (Fsp3) is 0.235. The molecule has 0 aliphatic rings. The molecule has 0 aliphatic heterocycles. The first-order valence-corrected chi connectivity index (χ1v) is 8.89. The number of anilines is 1. The van der Waals surface area contributed by atoms with E-state index in [0.29, 0.717) is 18.1 Å². The smallest absolute Gasteiger partial charge is 0.358 e.